The number of aliphatic hydroxyl groups excluding tert-OH is 4. The van der Waals surface area contributed by atoms with Gasteiger partial charge in [-0.1, -0.05) is 78.3 Å². The predicted molar refractivity (Wildman–Crippen MR) is 326 cm³/mol. The van der Waals surface area contributed by atoms with Crippen molar-refractivity contribution in [2.75, 3.05) is 20.2 Å². The fourth-order valence-electron chi connectivity index (χ4n) is 11.0. The van der Waals surface area contributed by atoms with Gasteiger partial charge in [-0.3, -0.25) is 38.4 Å². The number of likely N-dealkylation sites (N-methyl/N-ethyl adjacent to an activating group) is 1. The average Bonchev–Trinajstić information content (AvgIpc) is 1.45. The third-order valence-electron chi connectivity index (χ3n) is 16.1. The van der Waals surface area contributed by atoms with Gasteiger partial charge in [0.15, 0.2) is 12.4 Å². The largest absolute Gasteiger partial charge is 0.618 e. The highest BCUT2D eigenvalue weighted by Crippen LogP contribution is 2.26. The van der Waals surface area contributed by atoms with Crippen molar-refractivity contribution in [3.8, 4) is 0 Å². The fraction of sp³-hybridized carbons (Fsp3) is 0.629. The number of hydrogen-bond acceptors (Lipinski definition) is 17. The van der Waals surface area contributed by atoms with Gasteiger partial charge < -0.3 is 87.1 Å². The SMILES string of the molecule is CCC(C)[C@H](NC(=O)[C@@H](C[C@H](O)[C@H](CC(C)C)NC(=O)[C@H](Cc1cnc[nH]1)N(C)C(=O)[C@H](Cc1ccccc1)NC(=O)[C@@H]1CCCN1C(=O)[C@H](CC(=O)NC1OC(CO)C(O)C(O)C1NC(C)=O)NC(=O)OC(C)(C)C)C(C)C)C(=O)NCc1cccc[n+]1[O-]. The van der Waals surface area contributed by atoms with E-state index in [1.54, 1.807) is 83.1 Å². The number of pyridine rings is 1. The molecule has 2 aliphatic heterocycles. The van der Waals surface area contributed by atoms with E-state index in [1.807, 2.05) is 27.7 Å². The van der Waals surface area contributed by atoms with Crippen molar-refractivity contribution in [1.29, 1.82) is 0 Å². The molecule has 0 bridgehead atoms. The van der Waals surface area contributed by atoms with Crippen molar-refractivity contribution in [1.82, 2.24) is 57.0 Å². The Balaban J connectivity index is 1.39. The van der Waals surface area contributed by atoms with E-state index in [0.717, 1.165) is 11.8 Å². The summed E-state index contributed by atoms with van der Waals surface area (Å²) in [4.78, 5) is 136. The number of H-pyrrole nitrogens is 1. The van der Waals surface area contributed by atoms with Gasteiger partial charge in [0.2, 0.25) is 53.0 Å². The number of nitrogens with one attached hydrogen (secondary N) is 8. The van der Waals surface area contributed by atoms with E-state index in [0.29, 0.717) is 28.1 Å². The van der Waals surface area contributed by atoms with Crippen LogP contribution in [0.5, 0.6) is 0 Å². The molecule has 12 N–H and O–H groups in total. The molecular weight excluding hydrogens is 1170 g/mol. The summed E-state index contributed by atoms with van der Waals surface area (Å²) in [5, 5.41) is 74.5. The van der Waals surface area contributed by atoms with Crippen molar-refractivity contribution in [3.63, 3.8) is 0 Å². The summed E-state index contributed by atoms with van der Waals surface area (Å²) in [6.45, 7) is 16.1. The number of ether oxygens (including phenoxy) is 2. The summed E-state index contributed by atoms with van der Waals surface area (Å²) >= 11 is 0. The molecule has 1 aromatic carbocycles. The number of likely N-dealkylation sites (tertiary alicyclic amines) is 1. The molecule has 2 saturated heterocycles. The molecule has 0 spiro atoms. The number of nitrogens with zero attached hydrogens (tertiary/aromatic N) is 4. The number of hydrogen-bond donors (Lipinski definition) is 12. The number of rotatable bonds is 30. The first-order valence-electron chi connectivity index (χ1n) is 30.7. The molecule has 14 atom stereocenters. The van der Waals surface area contributed by atoms with Gasteiger partial charge >= 0.3 is 6.09 Å². The summed E-state index contributed by atoms with van der Waals surface area (Å²) in [5.41, 5.74) is 0.308. The smallest absolute Gasteiger partial charge is 0.408 e. The van der Waals surface area contributed by atoms with Gasteiger partial charge in [-0.2, -0.15) is 4.73 Å². The number of carbonyl (C=O) groups excluding carboxylic acids is 9. The van der Waals surface area contributed by atoms with E-state index in [4.69, 9.17) is 9.47 Å². The molecule has 0 aliphatic carbocycles. The molecule has 2 aliphatic rings. The molecule has 4 heterocycles. The molecule has 6 unspecified atom stereocenters. The van der Waals surface area contributed by atoms with Crippen LogP contribution in [0.25, 0.3) is 0 Å². The van der Waals surface area contributed by atoms with Crippen LogP contribution >= 0.6 is 0 Å². The zero-order valence-corrected chi connectivity index (χ0v) is 53.3. The molecule has 5 rings (SSSR count). The number of aromatic amines is 1. The van der Waals surface area contributed by atoms with Gasteiger partial charge in [-0.15, -0.1) is 0 Å². The lowest BCUT2D eigenvalue weighted by atomic mass is 9.85. The maximum Gasteiger partial charge on any atom is 0.408 e. The highest BCUT2D eigenvalue weighted by Gasteiger charge is 2.47. The van der Waals surface area contributed by atoms with E-state index < -0.39 is 151 Å². The Hall–Kier alpha value is -7.79. The minimum atomic E-state index is -1.72. The first-order chi connectivity index (χ1) is 42.4. The number of benzene rings is 1. The van der Waals surface area contributed by atoms with Crippen LogP contribution < -0.4 is 41.9 Å². The summed E-state index contributed by atoms with van der Waals surface area (Å²) in [6.07, 6.45) is -4.57. The van der Waals surface area contributed by atoms with Crippen LogP contribution in [0.1, 0.15) is 125 Å². The Morgan fingerprint density at radius 2 is 1.57 bits per heavy atom. The van der Waals surface area contributed by atoms with Gasteiger partial charge in [-0.25, -0.2) is 9.78 Å². The highest BCUT2D eigenvalue weighted by molar-refractivity contribution is 5.97. The second kappa shape index (κ2) is 33.9. The minimum absolute atomic E-state index is 0.0332. The van der Waals surface area contributed by atoms with Gasteiger partial charge in [0.25, 0.3) is 0 Å². The predicted octanol–water partition coefficient (Wildman–Crippen LogP) is -0.124. The first-order valence-corrected chi connectivity index (χ1v) is 30.7. The maximum atomic E-state index is 15.2. The quantitative estimate of drug-likeness (QED) is 0.0306. The third-order valence-corrected chi connectivity index (χ3v) is 16.1. The van der Waals surface area contributed by atoms with Crippen LogP contribution in [0.2, 0.25) is 0 Å². The number of alkyl carbamates (subject to hydrolysis) is 1. The zero-order valence-electron chi connectivity index (χ0n) is 53.3. The number of carbonyl (C=O) groups is 9. The number of amides is 9. The van der Waals surface area contributed by atoms with Crippen molar-refractivity contribution in [3.05, 3.63) is 89.4 Å². The lowest BCUT2D eigenvalue weighted by Crippen LogP contribution is -2.68. The Kier molecular flexibility index (Phi) is 27.4. The minimum Gasteiger partial charge on any atom is -0.618 e. The van der Waals surface area contributed by atoms with Gasteiger partial charge in [0.1, 0.15) is 66.7 Å². The van der Waals surface area contributed by atoms with Crippen LogP contribution in [-0.4, -0.2) is 192 Å². The third kappa shape index (κ3) is 21.2. The molecule has 0 radical (unpaired) electrons. The van der Waals surface area contributed by atoms with Crippen molar-refractivity contribution in [2.24, 2.45) is 23.7 Å². The van der Waals surface area contributed by atoms with E-state index in [2.05, 4.69) is 47.2 Å². The van der Waals surface area contributed by atoms with E-state index >= 15 is 4.79 Å². The molecule has 90 heavy (non-hydrogen) atoms. The van der Waals surface area contributed by atoms with Gasteiger partial charge in [0, 0.05) is 63.3 Å². The zero-order chi connectivity index (χ0) is 66.7. The fourth-order valence-corrected chi connectivity index (χ4v) is 11.0. The second-order valence-corrected chi connectivity index (χ2v) is 25.1. The molecular formula is C62H94N12O16. The average molecular weight is 1260 g/mol. The topological polar surface area (TPSA) is 399 Å². The van der Waals surface area contributed by atoms with Crippen molar-refractivity contribution < 1.29 is 77.8 Å². The first kappa shape index (κ1) is 73.0. The van der Waals surface area contributed by atoms with Crippen LogP contribution in [0, 0.1) is 28.9 Å². The summed E-state index contributed by atoms with van der Waals surface area (Å²) in [6, 6.07) is 4.50. The van der Waals surface area contributed by atoms with Crippen LogP contribution in [0.3, 0.4) is 0 Å². The van der Waals surface area contributed by atoms with Crippen LogP contribution in [0.15, 0.2) is 67.3 Å². The molecule has 28 heteroatoms. The number of aliphatic hydroxyl groups is 4. The highest BCUT2D eigenvalue weighted by atomic mass is 16.6. The molecule has 9 amide bonds. The summed E-state index contributed by atoms with van der Waals surface area (Å²) in [5.74, 6) is -7.32. The lowest BCUT2D eigenvalue weighted by Gasteiger charge is -2.42. The van der Waals surface area contributed by atoms with Gasteiger partial charge in [0.05, 0.1) is 31.5 Å². The lowest BCUT2D eigenvalue weighted by molar-refractivity contribution is -0.614. The molecule has 2 aromatic heterocycles. The Morgan fingerprint density at radius 1 is 0.878 bits per heavy atom. The Morgan fingerprint density at radius 3 is 2.17 bits per heavy atom. The van der Waals surface area contributed by atoms with Crippen molar-refractivity contribution in [2.45, 2.75) is 206 Å². The second-order valence-electron chi connectivity index (χ2n) is 25.1. The normalized spacial score (nSPS) is 21.1. The van der Waals surface area contributed by atoms with Crippen LogP contribution in [-0.2, 0) is 67.2 Å². The van der Waals surface area contributed by atoms with Crippen molar-refractivity contribution >= 4 is 53.4 Å². The molecule has 3 aromatic rings. The number of aromatic nitrogens is 3. The Labute approximate surface area is 525 Å². The summed E-state index contributed by atoms with van der Waals surface area (Å²) in [7, 11) is 1.40. The molecule has 0 saturated carbocycles. The molecule has 2 fully saturated rings. The van der Waals surface area contributed by atoms with E-state index in [-0.39, 0.29) is 69.4 Å². The molecule has 498 valence electrons. The van der Waals surface area contributed by atoms with E-state index in [9.17, 15) is 64.0 Å². The van der Waals surface area contributed by atoms with Crippen LogP contribution in [0.4, 0.5) is 4.79 Å². The summed E-state index contributed by atoms with van der Waals surface area (Å²) < 4.78 is 11.7. The number of imidazole rings is 1. The molecule has 28 nitrogen and oxygen atoms in total. The standard InChI is InChI=1S/C62H94N12O16/c1-12-36(6)50(57(84)64-31-40-21-16-17-24-74(40)88)71-54(81)41(35(4)5)28-47(77)42(25-34(2)3)67-56(83)46(27-39-30-63-33-65-39)72(11)59(85)43(26-38-19-14-13-15-20-38)68-55(82)45-22-18-23-73(45)60(86)44(69-61(87)90-62(8,9)10)29-49(78)70-58-51(66-37(7)76)53(80)52(79)48(32-75)89-58/h13-17,19-21,24,30,33-36,41-48,50-53,58,75,77,79-80H,12,18,22-23,25-29,31-32H2,1-11H3,(H,63,65)(H,64,84)(H,66,76)(H,67,83)(H,68,82)(H,69,87)(H,70,78)(H,71,81)/t36?,41-,42-,43-,44-,45-,46-,47-,48?,50-,51?,52?,53?,58?/m0/s1. The maximum absolute atomic E-state index is 15.2. The Bertz CT molecular complexity index is 2880. The van der Waals surface area contributed by atoms with Gasteiger partial charge in [-0.05, 0) is 75.8 Å². The van der Waals surface area contributed by atoms with E-state index in [1.165, 1.54) is 30.7 Å². The monoisotopic (exact) mass is 1260 g/mol.